The van der Waals surface area contributed by atoms with Crippen molar-refractivity contribution in [1.82, 2.24) is 0 Å². The molecule has 0 amide bonds. The number of carbonyl (C=O) groups excluding carboxylic acids is 1. The minimum absolute atomic E-state index is 0.0392. The number of rotatable bonds is 6. The Bertz CT molecular complexity index is 837. The lowest BCUT2D eigenvalue weighted by Crippen LogP contribution is -2.15. The van der Waals surface area contributed by atoms with E-state index in [1.807, 2.05) is 0 Å². The molecule has 0 saturated heterocycles. The fourth-order valence-corrected chi connectivity index (χ4v) is 2.43. The van der Waals surface area contributed by atoms with Crippen molar-refractivity contribution < 1.29 is 32.2 Å². The van der Waals surface area contributed by atoms with Gasteiger partial charge in [-0.2, -0.15) is 0 Å². The highest BCUT2D eigenvalue weighted by Crippen LogP contribution is 2.46. The van der Waals surface area contributed by atoms with Gasteiger partial charge in [-0.3, -0.25) is 4.79 Å². The van der Waals surface area contributed by atoms with Crippen molar-refractivity contribution >= 4 is 21.9 Å². The highest BCUT2D eigenvalue weighted by Gasteiger charge is 2.26. The number of benzene rings is 1. The summed E-state index contributed by atoms with van der Waals surface area (Å²) in [4.78, 5) is 11.2. The molecule has 0 atom stereocenters. The summed E-state index contributed by atoms with van der Waals surface area (Å²) in [5, 5.41) is 10.3. The topological polar surface area (TPSA) is 115 Å². The minimum Gasteiger partial charge on any atom is -0.502 e. The van der Waals surface area contributed by atoms with Gasteiger partial charge in [-0.15, -0.1) is 0 Å². The summed E-state index contributed by atoms with van der Waals surface area (Å²) in [6, 6.07) is 6.48. The van der Waals surface area contributed by atoms with Gasteiger partial charge in [0.25, 0.3) is 5.88 Å². The summed E-state index contributed by atoms with van der Waals surface area (Å²) in [6.45, 7) is 2.55. The number of methoxy groups -OCH3 is 1. The zero-order chi connectivity index (χ0) is 17.9. The van der Waals surface area contributed by atoms with Crippen molar-refractivity contribution in [3.63, 3.8) is 0 Å². The van der Waals surface area contributed by atoms with Gasteiger partial charge in [0, 0.05) is 12.5 Å². The minimum atomic E-state index is -3.69. The molecule has 24 heavy (non-hydrogen) atoms. The lowest BCUT2D eigenvalue weighted by molar-refractivity contribution is -0.131. The first kappa shape index (κ1) is 17.7. The standard InChI is InChI=1S/C15H17NO7S/c1-4-24(19,20)16-15-14(22-9(2)17)12(18)13(23-15)10-5-7-11(21-3)8-6-10/h5-8,16,18H,4H2,1-3H3. The average molecular weight is 355 g/mol. The first-order valence-electron chi connectivity index (χ1n) is 6.96. The van der Waals surface area contributed by atoms with E-state index >= 15 is 0 Å². The van der Waals surface area contributed by atoms with Gasteiger partial charge in [0.05, 0.1) is 12.9 Å². The van der Waals surface area contributed by atoms with Gasteiger partial charge in [-0.25, -0.2) is 13.1 Å². The largest absolute Gasteiger partial charge is 0.502 e. The van der Waals surface area contributed by atoms with E-state index in [2.05, 4.69) is 4.72 Å². The summed E-state index contributed by atoms with van der Waals surface area (Å²) in [5.41, 5.74) is 0.448. The van der Waals surface area contributed by atoms with Gasteiger partial charge in [0.15, 0.2) is 5.76 Å². The van der Waals surface area contributed by atoms with Crippen LogP contribution >= 0.6 is 0 Å². The van der Waals surface area contributed by atoms with Crippen molar-refractivity contribution in [1.29, 1.82) is 0 Å². The summed E-state index contributed by atoms with van der Waals surface area (Å²) in [5.74, 6) is -1.62. The third-order valence-corrected chi connectivity index (χ3v) is 4.32. The molecule has 0 aliphatic carbocycles. The molecule has 1 aromatic carbocycles. The molecule has 130 valence electrons. The quantitative estimate of drug-likeness (QED) is 0.764. The third-order valence-electron chi connectivity index (χ3n) is 3.07. The second-order valence-corrected chi connectivity index (χ2v) is 6.78. The number of furan rings is 1. The molecule has 1 heterocycles. The zero-order valence-corrected chi connectivity index (χ0v) is 14.1. The monoisotopic (exact) mass is 355 g/mol. The van der Waals surface area contributed by atoms with Crippen molar-refractivity contribution in [3.8, 4) is 28.6 Å². The van der Waals surface area contributed by atoms with Crippen molar-refractivity contribution in [2.45, 2.75) is 13.8 Å². The number of esters is 1. The van der Waals surface area contributed by atoms with Crippen molar-refractivity contribution in [2.24, 2.45) is 0 Å². The molecular weight excluding hydrogens is 338 g/mol. The molecule has 0 aliphatic rings. The molecule has 8 nitrogen and oxygen atoms in total. The van der Waals surface area contributed by atoms with Crippen LogP contribution in [0.3, 0.4) is 0 Å². The van der Waals surface area contributed by atoms with Gasteiger partial charge in [-0.05, 0) is 31.2 Å². The number of sulfonamides is 1. The molecule has 0 fully saturated rings. The summed E-state index contributed by atoms with van der Waals surface area (Å²) in [6.07, 6.45) is 0. The number of carbonyl (C=O) groups is 1. The van der Waals surface area contributed by atoms with Crippen molar-refractivity contribution in [3.05, 3.63) is 24.3 Å². The van der Waals surface area contributed by atoms with Gasteiger partial charge in [0.2, 0.25) is 21.5 Å². The molecule has 0 bridgehead atoms. The molecule has 2 N–H and O–H groups in total. The average Bonchev–Trinajstić information content (AvgIpc) is 2.83. The third kappa shape index (κ3) is 3.80. The van der Waals surface area contributed by atoms with Crippen LogP contribution in [0, 0.1) is 0 Å². The van der Waals surface area contributed by atoms with Gasteiger partial charge in [-0.1, -0.05) is 0 Å². The molecule has 2 aromatic rings. The van der Waals surface area contributed by atoms with Crippen LogP contribution in [0.5, 0.6) is 17.2 Å². The predicted molar refractivity (Wildman–Crippen MR) is 86.8 cm³/mol. The smallest absolute Gasteiger partial charge is 0.308 e. The number of nitrogens with one attached hydrogen (secondary N) is 1. The van der Waals surface area contributed by atoms with E-state index < -0.39 is 21.7 Å². The lowest BCUT2D eigenvalue weighted by Gasteiger charge is -2.04. The number of anilines is 1. The normalized spacial score (nSPS) is 11.1. The summed E-state index contributed by atoms with van der Waals surface area (Å²) in [7, 11) is -2.18. The maximum absolute atomic E-state index is 11.7. The Morgan fingerprint density at radius 1 is 1.29 bits per heavy atom. The van der Waals surface area contributed by atoms with Crippen LogP contribution in [0.1, 0.15) is 13.8 Å². The maximum Gasteiger partial charge on any atom is 0.308 e. The maximum atomic E-state index is 11.7. The molecule has 9 heteroatoms. The Kier molecular flexibility index (Phi) is 5.03. The Balaban J connectivity index is 2.52. The summed E-state index contributed by atoms with van der Waals surface area (Å²) >= 11 is 0. The van der Waals surface area contributed by atoms with Crippen LogP contribution in [0.2, 0.25) is 0 Å². The Hall–Kier alpha value is -2.68. The van der Waals surface area contributed by atoms with Crippen LogP contribution in [0.25, 0.3) is 11.3 Å². The molecule has 0 saturated carbocycles. The van der Waals surface area contributed by atoms with Gasteiger partial charge >= 0.3 is 5.97 Å². The number of ether oxygens (including phenoxy) is 2. The molecule has 0 spiro atoms. The van der Waals surface area contributed by atoms with E-state index in [1.165, 1.54) is 14.0 Å². The fraction of sp³-hybridized carbons (Fsp3) is 0.267. The predicted octanol–water partition coefficient (Wildman–Crippen LogP) is 2.35. The van der Waals surface area contributed by atoms with E-state index in [0.29, 0.717) is 11.3 Å². The number of hydrogen-bond acceptors (Lipinski definition) is 7. The van der Waals surface area contributed by atoms with Crippen LogP contribution in [0.15, 0.2) is 28.7 Å². The van der Waals surface area contributed by atoms with Crippen molar-refractivity contribution in [2.75, 3.05) is 17.6 Å². The first-order valence-corrected chi connectivity index (χ1v) is 8.61. The number of hydrogen-bond donors (Lipinski definition) is 2. The van der Waals surface area contributed by atoms with Crippen LogP contribution in [0.4, 0.5) is 5.88 Å². The Labute approximate surface area is 139 Å². The molecule has 0 unspecified atom stereocenters. The molecule has 0 aliphatic heterocycles. The highest BCUT2D eigenvalue weighted by molar-refractivity contribution is 7.92. The summed E-state index contributed by atoms with van der Waals surface area (Å²) < 4.78 is 40.9. The zero-order valence-electron chi connectivity index (χ0n) is 13.3. The van der Waals surface area contributed by atoms with E-state index in [1.54, 1.807) is 24.3 Å². The second kappa shape index (κ2) is 6.83. The second-order valence-electron chi connectivity index (χ2n) is 4.77. The molecule has 2 rings (SSSR count). The van der Waals surface area contributed by atoms with Crippen LogP contribution < -0.4 is 14.2 Å². The van der Waals surface area contributed by atoms with E-state index in [0.717, 1.165) is 6.92 Å². The van der Waals surface area contributed by atoms with E-state index in [-0.39, 0.29) is 23.1 Å². The van der Waals surface area contributed by atoms with E-state index in [9.17, 15) is 18.3 Å². The van der Waals surface area contributed by atoms with Crippen LogP contribution in [-0.2, 0) is 14.8 Å². The molecule has 1 aromatic heterocycles. The van der Waals surface area contributed by atoms with E-state index in [4.69, 9.17) is 13.9 Å². The Morgan fingerprint density at radius 3 is 2.42 bits per heavy atom. The molecule has 0 radical (unpaired) electrons. The first-order chi connectivity index (χ1) is 11.3. The fourth-order valence-electron chi connectivity index (χ4n) is 1.86. The Morgan fingerprint density at radius 2 is 1.92 bits per heavy atom. The lowest BCUT2D eigenvalue weighted by atomic mass is 10.1. The molecular formula is C15H17NO7S. The SMILES string of the molecule is CCS(=O)(=O)Nc1oc(-c2ccc(OC)cc2)c(O)c1OC(C)=O. The van der Waals surface area contributed by atoms with Gasteiger partial charge in [0.1, 0.15) is 5.75 Å². The van der Waals surface area contributed by atoms with Crippen LogP contribution in [-0.4, -0.2) is 32.4 Å². The highest BCUT2D eigenvalue weighted by atomic mass is 32.2. The van der Waals surface area contributed by atoms with Gasteiger partial charge < -0.3 is 19.0 Å². The number of aromatic hydroxyl groups is 1.